The molecule has 0 saturated carbocycles. The Morgan fingerprint density at radius 2 is 2.29 bits per heavy atom. The maximum Gasteiger partial charge on any atom is 0.0926 e. The lowest BCUT2D eigenvalue weighted by Gasteiger charge is -2.38. The first-order chi connectivity index (χ1) is 6.57. The molecule has 3 heteroatoms. The van der Waals surface area contributed by atoms with Crippen LogP contribution in [0.2, 0.25) is 0 Å². The normalized spacial score (nSPS) is 33.6. The van der Waals surface area contributed by atoms with Crippen molar-refractivity contribution in [2.75, 3.05) is 19.8 Å². The molecule has 1 saturated heterocycles. The van der Waals surface area contributed by atoms with Crippen molar-refractivity contribution in [2.24, 2.45) is 5.92 Å². The average Bonchev–Trinajstić information content (AvgIpc) is 2.15. The topological polar surface area (TPSA) is 38.7 Å². The van der Waals surface area contributed by atoms with Crippen molar-refractivity contribution in [3.8, 4) is 0 Å². The fraction of sp³-hybridized carbons (Fsp3) is 1.00. The average molecular weight is 202 g/mol. The van der Waals surface area contributed by atoms with E-state index in [-0.39, 0.29) is 6.10 Å². The van der Waals surface area contributed by atoms with Crippen LogP contribution in [0.5, 0.6) is 0 Å². The predicted molar refractivity (Wildman–Crippen MR) is 55.3 cm³/mol. The Morgan fingerprint density at radius 1 is 1.57 bits per heavy atom. The zero-order valence-corrected chi connectivity index (χ0v) is 9.45. The SMILES string of the molecule is CCOCC1(O)CCOC(C(C)C)C1. The minimum atomic E-state index is -0.663. The van der Waals surface area contributed by atoms with Crippen LogP contribution in [0.15, 0.2) is 0 Å². The van der Waals surface area contributed by atoms with Crippen molar-refractivity contribution in [1.82, 2.24) is 0 Å². The van der Waals surface area contributed by atoms with Gasteiger partial charge in [-0.25, -0.2) is 0 Å². The van der Waals surface area contributed by atoms with Gasteiger partial charge in [0.25, 0.3) is 0 Å². The number of hydrogen-bond acceptors (Lipinski definition) is 3. The molecule has 0 aromatic carbocycles. The van der Waals surface area contributed by atoms with Crippen molar-refractivity contribution in [3.05, 3.63) is 0 Å². The highest BCUT2D eigenvalue weighted by atomic mass is 16.5. The maximum absolute atomic E-state index is 10.2. The third-order valence-electron chi connectivity index (χ3n) is 2.80. The quantitative estimate of drug-likeness (QED) is 0.752. The molecule has 1 aliphatic rings. The van der Waals surface area contributed by atoms with Crippen molar-refractivity contribution < 1.29 is 14.6 Å². The van der Waals surface area contributed by atoms with Crippen molar-refractivity contribution >= 4 is 0 Å². The van der Waals surface area contributed by atoms with Crippen LogP contribution in [0.1, 0.15) is 33.6 Å². The van der Waals surface area contributed by atoms with Gasteiger partial charge in [0.1, 0.15) is 0 Å². The first-order valence-corrected chi connectivity index (χ1v) is 5.49. The van der Waals surface area contributed by atoms with E-state index in [2.05, 4.69) is 13.8 Å². The van der Waals surface area contributed by atoms with Gasteiger partial charge in [0.2, 0.25) is 0 Å². The molecule has 0 aromatic heterocycles. The molecular weight excluding hydrogens is 180 g/mol. The van der Waals surface area contributed by atoms with Gasteiger partial charge in [0.15, 0.2) is 0 Å². The summed E-state index contributed by atoms with van der Waals surface area (Å²) in [6.45, 7) is 7.94. The Bertz CT molecular complexity index is 170. The van der Waals surface area contributed by atoms with E-state index >= 15 is 0 Å². The molecule has 0 bridgehead atoms. The molecule has 0 amide bonds. The van der Waals surface area contributed by atoms with Crippen molar-refractivity contribution in [3.63, 3.8) is 0 Å². The Morgan fingerprint density at radius 3 is 2.86 bits per heavy atom. The van der Waals surface area contributed by atoms with Gasteiger partial charge in [-0.1, -0.05) is 13.8 Å². The smallest absolute Gasteiger partial charge is 0.0926 e. The highest BCUT2D eigenvalue weighted by Gasteiger charge is 2.36. The summed E-state index contributed by atoms with van der Waals surface area (Å²) < 4.78 is 10.9. The Labute approximate surface area is 86.4 Å². The van der Waals surface area contributed by atoms with Crippen LogP contribution < -0.4 is 0 Å². The van der Waals surface area contributed by atoms with Crippen LogP contribution >= 0.6 is 0 Å². The summed E-state index contributed by atoms with van der Waals surface area (Å²) >= 11 is 0. The molecule has 3 nitrogen and oxygen atoms in total. The fourth-order valence-electron chi connectivity index (χ4n) is 1.79. The van der Waals surface area contributed by atoms with E-state index in [1.54, 1.807) is 0 Å². The second kappa shape index (κ2) is 5.10. The Hall–Kier alpha value is -0.120. The molecule has 1 N–H and O–H groups in total. The van der Waals surface area contributed by atoms with E-state index in [1.165, 1.54) is 0 Å². The fourth-order valence-corrected chi connectivity index (χ4v) is 1.79. The van der Waals surface area contributed by atoms with Crippen molar-refractivity contribution in [1.29, 1.82) is 0 Å². The highest BCUT2D eigenvalue weighted by Crippen LogP contribution is 2.28. The van der Waals surface area contributed by atoms with Gasteiger partial charge in [0, 0.05) is 26.1 Å². The molecule has 1 fully saturated rings. The summed E-state index contributed by atoms with van der Waals surface area (Å²) in [5.41, 5.74) is -0.663. The van der Waals surface area contributed by atoms with E-state index in [0.717, 1.165) is 0 Å². The van der Waals surface area contributed by atoms with Gasteiger partial charge in [-0.3, -0.25) is 0 Å². The number of ether oxygens (including phenoxy) is 2. The second-order valence-corrected chi connectivity index (χ2v) is 4.47. The van der Waals surface area contributed by atoms with Gasteiger partial charge in [-0.15, -0.1) is 0 Å². The first-order valence-electron chi connectivity index (χ1n) is 5.49. The van der Waals surface area contributed by atoms with Crippen LogP contribution in [0.4, 0.5) is 0 Å². The van der Waals surface area contributed by atoms with Crippen LogP contribution in [-0.4, -0.2) is 36.6 Å². The maximum atomic E-state index is 10.2. The molecule has 0 radical (unpaired) electrons. The van der Waals surface area contributed by atoms with Gasteiger partial charge >= 0.3 is 0 Å². The predicted octanol–water partition coefficient (Wildman–Crippen LogP) is 1.59. The van der Waals surface area contributed by atoms with E-state index in [1.807, 2.05) is 6.92 Å². The molecule has 14 heavy (non-hydrogen) atoms. The van der Waals surface area contributed by atoms with Crippen LogP contribution in [0.3, 0.4) is 0 Å². The molecule has 1 aliphatic heterocycles. The first kappa shape index (κ1) is 12.0. The van der Waals surface area contributed by atoms with E-state index < -0.39 is 5.60 Å². The van der Waals surface area contributed by atoms with Crippen molar-refractivity contribution in [2.45, 2.75) is 45.3 Å². The van der Waals surface area contributed by atoms with Crippen LogP contribution in [-0.2, 0) is 9.47 Å². The molecule has 84 valence electrons. The molecular formula is C11H22O3. The monoisotopic (exact) mass is 202 g/mol. The van der Waals surface area contributed by atoms with Gasteiger partial charge in [-0.2, -0.15) is 0 Å². The van der Waals surface area contributed by atoms with Gasteiger partial charge < -0.3 is 14.6 Å². The Kier molecular flexibility index (Phi) is 4.35. The molecule has 2 unspecified atom stereocenters. The zero-order valence-electron chi connectivity index (χ0n) is 9.45. The second-order valence-electron chi connectivity index (χ2n) is 4.47. The largest absolute Gasteiger partial charge is 0.387 e. The zero-order chi connectivity index (χ0) is 10.6. The van der Waals surface area contributed by atoms with Crippen LogP contribution in [0, 0.1) is 5.92 Å². The van der Waals surface area contributed by atoms with E-state index in [9.17, 15) is 5.11 Å². The van der Waals surface area contributed by atoms with E-state index in [4.69, 9.17) is 9.47 Å². The van der Waals surface area contributed by atoms with Gasteiger partial charge in [-0.05, 0) is 12.8 Å². The summed E-state index contributed by atoms with van der Waals surface area (Å²) in [6.07, 6.45) is 1.56. The molecule has 1 heterocycles. The summed E-state index contributed by atoms with van der Waals surface area (Å²) in [4.78, 5) is 0. The highest BCUT2D eigenvalue weighted by molar-refractivity contribution is 4.86. The summed E-state index contributed by atoms with van der Waals surface area (Å²) in [6, 6.07) is 0. The third kappa shape index (κ3) is 3.23. The molecule has 2 atom stereocenters. The number of rotatable bonds is 4. The molecule has 1 rings (SSSR count). The van der Waals surface area contributed by atoms with Gasteiger partial charge in [0.05, 0.1) is 18.3 Å². The number of aliphatic hydroxyl groups is 1. The van der Waals surface area contributed by atoms with E-state index in [0.29, 0.717) is 38.6 Å². The summed E-state index contributed by atoms with van der Waals surface area (Å²) in [7, 11) is 0. The third-order valence-corrected chi connectivity index (χ3v) is 2.80. The Balaban J connectivity index is 2.44. The minimum absolute atomic E-state index is 0.175. The molecule has 0 aliphatic carbocycles. The van der Waals surface area contributed by atoms with Crippen LogP contribution in [0.25, 0.3) is 0 Å². The number of hydrogen-bond donors (Lipinski definition) is 1. The standard InChI is InChI=1S/C11H22O3/c1-4-13-8-11(12)5-6-14-10(7-11)9(2)3/h9-10,12H,4-8H2,1-3H3. The minimum Gasteiger partial charge on any atom is -0.387 e. The summed E-state index contributed by atoms with van der Waals surface area (Å²) in [5.74, 6) is 0.462. The lowest BCUT2D eigenvalue weighted by molar-refractivity contribution is -0.143. The lowest BCUT2D eigenvalue weighted by Crippen LogP contribution is -2.45. The lowest BCUT2D eigenvalue weighted by atomic mass is 9.87. The molecule has 0 aromatic rings. The summed E-state index contributed by atoms with van der Waals surface area (Å²) in [5, 5.41) is 10.2. The molecule has 0 spiro atoms.